The van der Waals surface area contributed by atoms with Gasteiger partial charge in [-0.15, -0.1) is 11.3 Å². The number of halogens is 3. The van der Waals surface area contributed by atoms with Gasteiger partial charge in [0, 0.05) is 28.7 Å². The maximum atomic E-state index is 6.17. The fourth-order valence-corrected chi connectivity index (χ4v) is 4.25. The van der Waals surface area contributed by atoms with Crippen molar-refractivity contribution in [1.82, 2.24) is 14.7 Å². The summed E-state index contributed by atoms with van der Waals surface area (Å²) in [5.41, 5.74) is 4.27. The minimum Gasteiger partial charge on any atom is -0.311 e. The fraction of sp³-hybridized carbons (Fsp3) is 0.150. The quantitative estimate of drug-likeness (QED) is 0.357. The molecule has 0 saturated carbocycles. The Bertz CT molecular complexity index is 1090. The Morgan fingerprint density at radius 3 is 2.74 bits per heavy atom. The van der Waals surface area contributed by atoms with Gasteiger partial charge in [-0.2, -0.15) is 0 Å². The van der Waals surface area contributed by atoms with Gasteiger partial charge in [-0.1, -0.05) is 53.0 Å². The van der Waals surface area contributed by atoms with Crippen LogP contribution in [0.5, 0.6) is 0 Å². The smallest absolute Gasteiger partial charge is 0.194 e. The molecule has 2 heterocycles. The van der Waals surface area contributed by atoms with Crippen LogP contribution in [0.25, 0.3) is 16.2 Å². The predicted molar refractivity (Wildman–Crippen MR) is 115 cm³/mol. The zero-order valence-corrected chi connectivity index (χ0v) is 17.3. The number of fused-ring (bicyclic) bond motifs is 1. The lowest BCUT2D eigenvalue weighted by Gasteiger charge is -2.08. The second-order valence-corrected chi connectivity index (χ2v) is 8.27. The lowest BCUT2D eigenvalue weighted by molar-refractivity contribution is 0.673. The van der Waals surface area contributed by atoms with Crippen LogP contribution in [0.3, 0.4) is 0 Å². The molecule has 4 aromatic rings. The topological polar surface area (TPSA) is 29.3 Å². The Balaban J connectivity index is 1.50. The number of rotatable bonds is 6. The zero-order valence-electron chi connectivity index (χ0n) is 14.3. The Labute approximate surface area is 176 Å². The molecule has 0 unspecified atom stereocenters. The van der Waals surface area contributed by atoms with Crippen molar-refractivity contribution in [1.29, 1.82) is 0 Å². The molecule has 0 saturated heterocycles. The van der Waals surface area contributed by atoms with E-state index in [2.05, 4.69) is 15.9 Å². The lowest BCUT2D eigenvalue weighted by atomic mass is 10.1. The summed E-state index contributed by atoms with van der Waals surface area (Å²) in [7, 11) is 0. The summed E-state index contributed by atoms with van der Waals surface area (Å²) >= 11 is 19.9. The van der Waals surface area contributed by atoms with E-state index < -0.39 is 0 Å². The van der Waals surface area contributed by atoms with Gasteiger partial charge in [0.2, 0.25) is 0 Å². The molecule has 0 bridgehead atoms. The first-order chi connectivity index (χ1) is 13.1. The van der Waals surface area contributed by atoms with Crippen LogP contribution in [-0.4, -0.2) is 15.9 Å². The number of aromatic nitrogens is 2. The summed E-state index contributed by atoms with van der Waals surface area (Å²) in [5, 5.41) is 7.44. The van der Waals surface area contributed by atoms with Crippen LogP contribution < -0.4 is 5.32 Å². The van der Waals surface area contributed by atoms with Crippen molar-refractivity contribution in [3.05, 3.63) is 80.4 Å². The number of hydrogen-bond donors (Lipinski definition) is 1. The van der Waals surface area contributed by atoms with Gasteiger partial charge >= 0.3 is 0 Å². The Hall–Kier alpha value is -1.56. The normalized spacial score (nSPS) is 11.4. The maximum absolute atomic E-state index is 6.17. The molecule has 0 atom stereocenters. The third kappa shape index (κ3) is 4.15. The second kappa shape index (κ2) is 8.21. The van der Waals surface area contributed by atoms with Gasteiger partial charge in [0.15, 0.2) is 4.96 Å². The third-order valence-electron chi connectivity index (χ3n) is 4.33. The van der Waals surface area contributed by atoms with Gasteiger partial charge in [0.25, 0.3) is 0 Å². The van der Waals surface area contributed by atoms with Crippen LogP contribution in [-0.2, 0) is 13.0 Å². The minimum atomic E-state index is 0.582. The van der Waals surface area contributed by atoms with Crippen molar-refractivity contribution in [2.24, 2.45) is 0 Å². The van der Waals surface area contributed by atoms with Crippen LogP contribution in [0.15, 0.2) is 54.0 Å². The lowest BCUT2D eigenvalue weighted by Crippen LogP contribution is -2.18. The van der Waals surface area contributed by atoms with Crippen LogP contribution in [0, 0.1) is 0 Å². The predicted octanol–water partition coefficient (Wildman–Crippen LogP) is 6.36. The van der Waals surface area contributed by atoms with Crippen molar-refractivity contribution < 1.29 is 0 Å². The summed E-state index contributed by atoms with van der Waals surface area (Å²) < 4.78 is 2.13. The molecule has 2 aromatic heterocycles. The first-order valence-corrected chi connectivity index (χ1v) is 10.5. The fourth-order valence-electron chi connectivity index (χ4n) is 3.00. The van der Waals surface area contributed by atoms with Gasteiger partial charge < -0.3 is 5.32 Å². The summed E-state index contributed by atoms with van der Waals surface area (Å²) in [6, 6.07) is 13.6. The first-order valence-electron chi connectivity index (χ1n) is 8.47. The zero-order chi connectivity index (χ0) is 18.8. The maximum Gasteiger partial charge on any atom is 0.194 e. The van der Waals surface area contributed by atoms with E-state index in [0.29, 0.717) is 21.6 Å². The van der Waals surface area contributed by atoms with Crippen molar-refractivity contribution >= 4 is 51.1 Å². The van der Waals surface area contributed by atoms with Crippen LogP contribution in [0.2, 0.25) is 15.1 Å². The van der Waals surface area contributed by atoms with Crippen LogP contribution in [0.1, 0.15) is 11.3 Å². The van der Waals surface area contributed by atoms with Gasteiger partial charge in [-0.25, -0.2) is 4.98 Å². The van der Waals surface area contributed by atoms with E-state index in [9.17, 15) is 0 Å². The van der Waals surface area contributed by atoms with Crippen molar-refractivity contribution in [3.8, 4) is 11.3 Å². The second-order valence-electron chi connectivity index (χ2n) is 6.15. The molecule has 4 rings (SSSR count). The molecule has 0 amide bonds. The highest BCUT2D eigenvalue weighted by Gasteiger charge is 2.14. The van der Waals surface area contributed by atoms with Crippen molar-refractivity contribution in [3.63, 3.8) is 0 Å². The number of thiazole rings is 1. The van der Waals surface area contributed by atoms with E-state index in [1.807, 2.05) is 47.8 Å². The van der Waals surface area contributed by atoms with Crippen molar-refractivity contribution in [2.75, 3.05) is 6.54 Å². The molecule has 0 aliphatic heterocycles. The number of imidazole rings is 1. The van der Waals surface area contributed by atoms with Gasteiger partial charge in [-0.05, 0) is 42.8 Å². The molecule has 3 nitrogen and oxygen atoms in total. The number of nitrogens with one attached hydrogen (secondary N) is 1. The van der Waals surface area contributed by atoms with Gasteiger partial charge in [0.05, 0.1) is 21.4 Å². The van der Waals surface area contributed by atoms with Gasteiger partial charge in [-0.3, -0.25) is 4.40 Å². The third-order valence-corrected chi connectivity index (χ3v) is 6.06. The number of nitrogens with zero attached hydrogens (tertiary/aromatic N) is 2. The molecule has 2 aromatic carbocycles. The molecule has 0 spiro atoms. The van der Waals surface area contributed by atoms with E-state index in [4.69, 9.17) is 39.8 Å². The monoisotopic (exact) mass is 435 g/mol. The van der Waals surface area contributed by atoms with Gasteiger partial charge in [0.1, 0.15) is 0 Å². The molecule has 27 heavy (non-hydrogen) atoms. The highest BCUT2D eigenvalue weighted by Crippen LogP contribution is 2.28. The molecule has 0 aliphatic carbocycles. The highest BCUT2D eigenvalue weighted by molar-refractivity contribution is 7.15. The van der Waals surface area contributed by atoms with Crippen LogP contribution >= 0.6 is 46.1 Å². The first kappa shape index (κ1) is 18.8. The number of benzene rings is 2. The molecular formula is C20H16Cl3N3S. The molecule has 0 radical (unpaired) electrons. The highest BCUT2D eigenvalue weighted by atomic mass is 35.5. The average molecular weight is 437 g/mol. The Morgan fingerprint density at radius 2 is 1.93 bits per heavy atom. The van der Waals surface area contributed by atoms with E-state index >= 15 is 0 Å². The molecule has 0 aliphatic rings. The molecule has 0 fully saturated rings. The summed E-state index contributed by atoms with van der Waals surface area (Å²) in [6.07, 6.45) is 2.92. The Kier molecular flexibility index (Phi) is 5.71. The SMILES string of the molecule is Clc1cccc(-c2nc3sccn3c2CNCCc2ccc(Cl)c(Cl)c2)c1. The summed E-state index contributed by atoms with van der Waals surface area (Å²) in [4.78, 5) is 5.77. The average Bonchev–Trinajstić information content (AvgIpc) is 3.23. The van der Waals surface area contributed by atoms with E-state index in [-0.39, 0.29) is 0 Å². The van der Waals surface area contributed by atoms with Crippen LogP contribution in [0.4, 0.5) is 0 Å². The van der Waals surface area contributed by atoms with E-state index in [0.717, 1.165) is 40.4 Å². The molecule has 1 N–H and O–H groups in total. The summed E-state index contributed by atoms with van der Waals surface area (Å²) in [5.74, 6) is 0. The van der Waals surface area contributed by atoms with E-state index in [1.165, 1.54) is 0 Å². The minimum absolute atomic E-state index is 0.582. The molecular weight excluding hydrogens is 421 g/mol. The molecule has 7 heteroatoms. The van der Waals surface area contributed by atoms with E-state index in [1.54, 1.807) is 11.3 Å². The molecule has 138 valence electrons. The number of hydrogen-bond acceptors (Lipinski definition) is 3. The standard InChI is InChI=1S/C20H16Cl3N3S/c21-15-3-1-2-14(11-15)19-18(26-8-9-27-20(26)25-19)12-24-7-6-13-4-5-16(22)17(23)10-13/h1-5,8-11,24H,6-7,12H2. The summed E-state index contributed by atoms with van der Waals surface area (Å²) in [6.45, 7) is 1.53. The Morgan fingerprint density at radius 1 is 1.04 bits per heavy atom. The van der Waals surface area contributed by atoms with Crippen molar-refractivity contribution in [2.45, 2.75) is 13.0 Å². The largest absolute Gasteiger partial charge is 0.311 e.